The molecule has 0 aliphatic heterocycles. The van der Waals surface area contributed by atoms with Crippen LogP contribution in [-0.4, -0.2) is 26.4 Å². The van der Waals surface area contributed by atoms with E-state index < -0.39 is 5.97 Å². The summed E-state index contributed by atoms with van der Waals surface area (Å²) in [5.74, 6) is -0.925. The standard InChI is InChI=1S/C14H13N3O2S/c1-2-11-8-16-14(20-9-13(18)19)17(11)12-5-3-4-10(6-12)7-15/h3-6,8H,2,9H2,1H3,(H,18,19). The fourth-order valence-corrected chi connectivity index (χ4v) is 2.57. The number of hydrogen-bond donors (Lipinski definition) is 1. The van der Waals surface area contributed by atoms with Crippen LogP contribution in [0.15, 0.2) is 35.6 Å². The van der Waals surface area contributed by atoms with Gasteiger partial charge in [0.1, 0.15) is 0 Å². The number of hydrogen-bond acceptors (Lipinski definition) is 4. The SMILES string of the molecule is CCc1cnc(SCC(=O)O)n1-c1cccc(C#N)c1. The Morgan fingerprint density at radius 3 is 3.00 bits per heavy atom. The molecule has 0 saturated heterocycles. The quantitative estimate of drug-likeness (QED) is 0.855. The molecule has 0 fully saturated rings. The summed E-state index contributed by atoms with van der Waals surface area (Å²) >= 11 is 1.17. The summed E-state index contributed by atoms with van der Waals surface area (Å²) in [5.41, 5.74) is 2.37. The minimum absolute atomic E-state index is 0.0435. The second kappa shape index (κ2) is 6.26. The van der Waals surface area contributed by atoms with Gasteiger partial charge in [0, 0.05) is 17.6 Å². The Hall–Kier alpha value is -2.26. The number of nitriles is 1. The van der Waals surface area contributed by atoms with Gasteiger partial charge in [-0.3, -0.25) is 9.36 Å². The minimum atomic E-state index is -0.881. The number of nitrogens with zero attached hydrogens (tertiary/aromatic N) is 3. The van der Waals surface area contributed by atoms with Crippen molar-refractivity contribution in [2.45, 2.75) is 18.5 Å². The minimum Gasteiger partial charge on any atom is -0.481 e. The first-order chi connectivity index (χ1) is 9.65. The number of carbonyl (C=O) groups is 1. The molecule has 2 rings (SSSR count). The van der Waals surface area contributed by atoms with Crippen molar-refractivity contribution >= 4 is 17.7 Å². The first-order valence-corrected chi connectivity index (χ1v) is 7.06. The van der Waals surface area contributed by atoms with E-state index in [1.165, 1.54) is 11.8 Å². The second-order valence-corrected chi connectivity index (χ2v) is 5.01. The van der Waals surface area contributed by atoms with Crippen LogP contribution < -0.4 is 0 Å². The highest BCUT2D eigenvalue weighted by molar-refractivity contribution is 7.99. The summed E-state index contributed by atoms with van der Waals surface area (Å²) in [7, 11) is 0. The van der Waals surface area contributed by atoms with Crippen molar-refractivity contribution in [1.29, 1.82) is 5.26 Å². The van der Waals surface area contributed by atoms with Crippen molar-refractivity contribution in [3.05, 3.63) is 41.7 Å². The molecule has 0 amide bonds. The Morgan fingerprint density at radius 1 is 1.55 bits per heavy atom. The van der Waals surface area contributed by atoms with Crippen molar-refractivity contribution in [2.24, 2.45) is 0 Å². The van der Waals surface area contributed by atoms with E-state index >= 15 is 0 Å². The van der Waals surface area contributed by atoms with Crippen molar-refractivity contribution in [2.75, 3.05) is 5.75 Å². The third-order valence-corrected chi connectivity index (χ3v) is 3.66. The highest BCUT2D eigenvalue weighted by Crippen LogP contribution is 2.24. The van der Waals surface area contributed by atoms with Gasteiger partial charge >= 0.3 is 5.97 Å². The molecule has 5 nitrogen and oxygen atoms in total. The first kappa shape index (κ1) is 14.2. The maximum absolute atomic E-state index is 10.7. The number of imidazole rings is 1. The van der Waals surface area contributed by atoms with E-state index in [2.05, 4.69) is 11.1 Å². The highest BCUT2D eigenvalue weighted by atomic mass is 32.2. The molecule has 1 aromatic heterocycles. The lowest BCUT2D eigenvalue weighted by Gasteiger charge is -2.10. The van der Waals surface area contributed by atoms with Gasteiger partial charge in [-0.15, -0.1) is 0 Å². The molecule has 0 radical (unpaired) electrons. The number of carboxylic acids is 1. The highest BCUT2D eigenvalue weighted by Gasteiger charge is 2.13. The van der Waals surface area contributed by atoms with Gasteiger partial charge in [-0.2, -0.15) is 5.26 Å². The van der Waals surface area contributed by atoms with Crippen LogP contribution in [0.4, 0.5) is 0 Å². The summed E-state index contributed by atoms with van der Waals surface area (Å²) in [6, 6.07) is 9.29. The zero-order valence-electron chi connectivity index (χ0n) is 10.9. The van der Waals surface area contributed by atoms with Gasteiger partial charge in [-0.1, -0.05) is 24.8 Å². The van der Waals surface area contributed by atoms with Crippen LogP contribution in [0.1, 0.15) is 18.2 Å². The molecule has 102 valence electrons. The summed E-state index contributed by atoms with van der Waals surface area (Å²) in [5, 5.41) is 18.4. The van der Waals surface area contributed by atoms with E-state index in [4.69, 9.17) is 10.4 Å². The molecule has 2 aromatic rings. The van der Waals surface area contributed by atoms with Crippen molar-refractivity contribution in [3.8, 4) is 11.8 Å². The van der Waals surface area contributed by atoms with Crippen molar-refractivity contribution in [3.63, 3.8) is 0 Å². The number of aromatic nitrogens is 2. The molecule has 0 aliphatic carbocycles. The van der Waals surface area contributed by atoms with Crippen LogP contribution in [0.5, 0.6) is 0 Å². The van der Waals surface area contributed by atoms with Crippen molar-refractivity contribution in [1.82, 2.24) is 9.55 Å². The molecule has 0 saturated carbocycles. The Morgan fingerprint density at radius 2 is 2.35 bits per heavy atom. The van der Waals surface area contributed by atoms with Gasteiger partial charge in [0.15, 0.2) is 5.16 Å². The second-order valence-electron chi connectivity index (χ2n) is 4.07. The van der Waals surface area contributed by atoms with E-state index in [0.717, 1.165) is 17.8 Å². The van der Waals surface area contributed by atoms with Crippen LogP contribution in [0.3, 0.4) is 0 Å². The predicted octanol–water partition coefficient (Wildman–Crippen LogP) is 2.48. The molecule has 1 N–H and O–H groups in total. The first-order valence-electron chi connectivity index (χ1n) is 6.07. The van der Waals surface area contributed by atoms with E-state index in [1.807, 2.05) is 17.6 Å². The largest absolute Gasteiger partial charge is 0.481 e. The molecule has 0 atom stereocenters. The van der Waals surface area contributed by atoms with Crippen molar-refractivity contribution < 1.29 is 9.90 Å². The van der Waals surface area contributed by atoms with Gasteiger partial charge in [0.2, 0.25) is 0 Å². The fraction of sp³-hybridized carbons (Fsp3) is 0.214. The Bertz CT molecular complexity index is 673. The number of benzene rings is 1. The summed E-state index contributed by atoms with van der Waals surface area (Å²) in [6.07, 6.45) is 2.51. The fourth-order valence-electron chi connectivity index (χ4n) is 1.84. The number of thioether (sulfide) groups is 1. The predicted molar refractivity (Wildman–Crippen MR) is 76.0 cm³/mol. The maximum atomic E-state index is 10.7. The molecule has 0 bridgehead atoms. The normalized spacial score (nSPS) is 10.2. The van der Waals surface area contributed by atoms with Crippen LogP contribution in [0.2, 0.25) is 0 Å². The summed E-state index contributed by atoms with van der Waals surface area (Å²) in [6.45, 7) is 2.01. The molecule has 1 heterocycles. The Balaban J connectivity index is 2.44. The van der Waals surface area contributed by atoms with Crippen LogP contribution in [-0.2, 0) is 11.2 Å². The zero-order chi connectivity index (χ0) is 14.5. The lowest BCUT2D eigenvalue weighted by Crippen LogP contribution is -2.04. The molecular weight excluding hydrogens is 274 g/mol. The van der Waals surface area contributed by atoms with E-state index in [1.54, 1.807) is 24.4 Å². The van der Waals surface area contributed by atoms with Crippen LogP contribution >= 0.6 is 11.8 Å². The molecule has 20 heavy (non-hydrogen) atoms. The maximum Gasteiger partial charge on any atom is 0.313 e. The molecule has 0 spiro atoms. The van der Waals surface area contributed by atoms with Gasteiger partial charge in [-0.25, -0.2) is 4.98 Å². The molecular formula is C14H13N3O2S. The van der Waals surface area contributed by atoms with Crippen LogP contribution in [0.25, 0.3) is 5.69 Å². The molecule has 0 unspecified atom stereocenters. The number of aliphatic carboxylic acids is 1. The average Bonchev–Trinajstić information content (AvgIpc) is 2.88. The average molecular weight is 287 g/mol. The van der Waals surface area contributed by atoms with Gasteiger partial charge in [-0.05, 0) is 24.6 Å². The summed E-state index contributed by atoms with van der Waals surface area (Å²) < 4.78 is 1.90. The number of aryl methyl sites for hydroxylation is 1. The van der Waals surface area contributed by atoms with Gasteiger partial charge in [0.25, 0.3) is 0 Å². The Labute approximate surface area is 120 Å². The topological polar surface area (TPSA) is 78.9 Å². The van der Waals surface area contributed by atoms with E-state index in [0.29, 0.717) is 10.7 Å². The molecule has 6 heteroatoms. The third-order valence-electron chi connectivity index (χ3n) is 2.72. The van der Waals surface area contributed by atoms with E-state index in [-0.39, 0.29) is 5.75 Å². The summed E-state index contributed by atoms with van der Waals surface area (Å²) in [4.78, 5) is 15.0. The van der Waals surface area contributed by atoms with Gasteiger partial charge in [0.05, 0.1) is 17.4 Å². The number of carboxylic acid groups (broad SMARTS) is 1. The van der Waals surface area contributed by atoms with E-state index in [9.17, 15) is 4.79 Å². The third kappa shape index (κ3) is 3.00. The lowest BCUT2D eigenvalue weighted by atomic mass is 10.2. The molecule has 0 aliphatic rings. The Kier molecular flexibility index (Phi) is 4.43. The smallest absolute Gasteiger partial charge is 0.313 e. The van der Waals surface area contributed by atoms with Gasteiger partial charge < -0.3 is 5.11 Å². The lowest BCUT2D eigenvalue weighted by molar-refractivity contribution is -0.133. The molecule has 1 aromatic carbocycles. The van der Waals surface area contributed by atoms with Crippen LogP contribution in [0, 0.1) is 11.3 Å². The number of rotatable bonds is 5. The zero-order valence-corrected chi connectivity index (χ0v) is 11.7. The monoisotopic (exact) mass is 287 g/mol.